The number of hydrogen-bond acceptors (Lipinski definition) is 4. The molecule has 0 aliphatic carbocycles. The number of esters is 1. The van der Waals surface area contributed by atoms with Gasteiger partial charge in [-0.15, -0.1) is 0 Å². The van der Waals surface area contributed by atoms with Gasteiger partial charge in [-0.2, -0.15) is 0 Å². The summed E-state index contributed by atoms with van der Waals surface area (Å²) < 4.78 is 10.5. The van der Waals surface area contributed by atoms with Gasteiger partial charge in [-0.05, 0) is 29.7 Å². The van der Waals surface area contributed by atoms with Crippen LogP contribution in [0, 0.1) is 0 Å². The minimum atomic E-state index is -0.274. The van der Waals surface area contributed by atoms with E-state index in [0.29, 0.717) is 12.5 Å². The fraction of sp³-hybridized carbons (Fsp3) is 0.438. The van der Waals surface area contributed by atoms with Crippen LogP contribution in [0.3, 0.4) is 0 Å². The molecule has 4 heteroatoms. The molecule has 1 heterocycles. The van der Waals surface area contributed by atoms with Crippen molar-refractivity contribution >= 4 is 16.9 Å². The van der Waals surface area contributed by atoms with E-state index in [4.69, 9.17) is 14.9 Å². The highest BCUT2D eigenvalue weighted by Crippen LogP contribution is 2.29. The van der Waals surface area contributed by atoms with Crippen molar-refractivity contribution in [1.82, 2.24) is 0 Å². The highest BCUT2D eigenvalue weighted by atomic mass is 16.5. The average Bonchev–Trinajstić information content (AvgIpc) is 2.86. The van der Waals surface area contributed by atoms with Gasteiger partial charge in [0.25, 0.3) is 0 Å². The fourth-order valence-electron chi connectivity index (χ4n) is 2.23. The Morgan fingerprint density at radius 1 is 1.35 bits per heavy atom. The number of hydrogen-bond donors (Lipinski definition) is 1. The minimum Gasteiger partial charge on any atom is -0.469 e. The van der Waals surface area contributed by atoms with Crippen LogP contribution < -0.4 is 5.73 Å². The van der Waals surface area contributed by atoms with Gasteiger partial charge in [-0.25, -0.2) is 0 Å². The zero-order chi connectivity index (χ0) is 14.7. The van der Waals surface area contributed by atoms with Gasteiger partial charge in [-0.1, -0.05) is 19.9 Å². The molecule has 4 nitrogen and oxygen atoms in total. The summed E-state index contributed by atoms with van der Waals surface area (Å²) in [4.78, 5) is 11.4. The standard InChI is InChI=1S/C16H21NO3/c1-10(2)11-4-5-14-12(6-11)7-15(20-14)13(9-17)8-16(18)19-3/h4-7,10,13H,8-9,17H2,1-3H3. The molecular weight excluding hydrogens is 254 g/mol. The summed E-state index contributed by atoms with van der Waals surface area (Å²) in [6, 6.07) is 8.14. The molecule has 0 saturated carbocycles. The number of benzene rings is 1. The van der Waals surface area contributed by atoms with Gasteiger partial charge in [0.15, 0.2) is 0 Å². The largest absolute Gasteiger partial charge is 0.469 e. The number of ether oxygens (including phenoxy) is 1. The van der Waals surface area contributed by atoms with Crippen LogP contribution in [0.15, 0.2) is 28.7 Å². The molecule has 0 aliphatic rings. The molecule has 0 bridgehead atoms. The number of fused-ring (bicyclic) bond motifs is 1. The van der Waals surface area contributed by atoms with Crippen molar-refractivity contribution in [2.75, 3.05) is 13.7 Å². The number of furan rings is 1. The van der Waals surface area contributed by atoms with E-state index in [9.17, 15) is 4.79 Å². The van der Waals surface area contributed by atoms with Gasteiger partial charge in [0.2, 0.25) is 0 Å². The predicted molar refractivity (Wildman–Crippen MR) is 78.7 cm³/mol. The first-order valence-electron chi connectivity index (χ1n) is 6.85. The number of nitrogens with two attached hydrogens (primary N) is 1. The molecule has 1 aromatic heterocycles. The third kappa shape index (κ3) is 3.02. The van der Waals surface area contributed by atoms with Gasteiger partial charge in [0.1, 0.15) is 11.3 Å². The lowest BCUT2D eigenvalue weighted by atomic mass is 10.0. The van der Waals surface area contributed by atoms with Gasteiger partial charge < -0.3 is 14.9 Å². The molecule has 108 valence electrons. The molecule has 2 aromatic rings. The maximum Gasteiger partial charge on any atom is 0.306 e. The predicted octanol–water partition coefficient (Wildman–Crippen LogP) is 3.16. The summed E-state index contributed by atoms with van der Waals surface area (Å²) in [5.41, 5.74) is 7.83. The molecule has 1 atom stereocenters. The summed E-state index contributed by atoms with van der Waals surface area (Å²) in [5.74, 6) is 0.799. The number of rotatable bonds is 5. The Balaban J connectivity index is 2.32. The van der Waals surface area contributed by atoms with Crippen molar-refractivity contribution < 1.29 is 13.9 Å². The first-order chi connectivity index (χ1) is 9.55. The quantitative estimate of drug-likeness (QED) is 0.851. The summed E-state index contributed by atoms with van der Waals surface area (Å²) >= 11 is 0. The monoisotopic (exact) mass is 275 g/mol. The summed E-state index contributed by atoms with van der Waals surface area (Å²) in [5, 5.41) is 1.05. The number of carbonyl (C=O) groups excluding carboxylic acids is 1. The van der Waals surface area contributed by atoms with Crippen LogP contribution in [0.25, 0.3) is 11.0 Å². The number of methoxy groups -OCH3 is 1. The SMILES string of the molecule is COC(=O)CC(CN)c1cc2cc(C(C)C)ccc2o1. The molecule has 2 rings (SSSR count). The molecule has 20 heavy (non-hydrogen) atoms. The smallest absolute Gasteiger partial charge is 0.306 e. The van der Waals surface area contributed by atoms with Crippen LogP contribution in [0.2, 0.25) is 0 Å². The molecule has 2 N–H and O–H groups in total. The topological polar surface area (TPSA) is 65.5 Å². The van der Waals surface area contributed by atoms with E-state index in [2.05, 4.69) is 26.0 Å². The Morgan fingerprint density at radius 2 is 2.10 bits per heavy atom. The van der Waals surface area contributed by atoms with Gasteiger partial charge >= 0.3 is 5.97 Å². The molecule has 1 unspecified atom stereocenters. The number of carbonyl (C=O) groups is 1. The van der Waals surface area contributed by atoms with Gasteiger partial charge in [0, 0.05) is 17.8 Å². The second kappa shape index (κ2) is 6.09. The lowest BCUT2D eigenvalue weighted by Crippen LogP contribution is -2.16. The Hall–Kier alpha value is -1.81. The Labute approximate surface area is 118 Å². The fourth-order valence-corrected chi connectivity index (χ4v) is 2.23. The first kappa shape index (κ1) is 14.6. The molecular formula is C16H21NO3. The van der Waals surface area contributed by atoms with E-state index in [0.717, 1.165) is 16.7 Å². The van der Waals surface area contributed by atoms with Crippen LogP contribution in [-0.4, -0.2) is 19.6 Å². The van der Waals surface area contributed by atoms with Crippen molar-refractivity contribution in [2.45, 2.75) is 32.1 Å². The van der Waals surface area contributed by atoms with Crippen molar-refractivity contribution in [3.05, 3.63) is 35.6 Å². The van der Waals surface area contributed by atoms with E-state index in [-0.39, 0.29) is 18.3 Å². The van der Waals surface area contributed by atoms with E-state index >= 15 is 0 Å². The van der Waals surface area contributed by atoms with Crippen LogP contribution in [0.1, 0.15) is 43.4 Å². The van der Waals surface area contributed by atoms with Gasteiger partial charge in [0.05, 0.1) is 13.5 Å². The highest BCUT2D eigenvalue weighted by Gasteiger charge is 2.19. The van der Waals surface area contributed by atoms with E-state index in [1.165, 1.54) is 12.7 Å². The zero-order valence-corrected chi connectivity index (χ0v) is 12.2. The molecule has 1 aromatic carbocycles. The molecule has 0 spiro atoms. The van der Waals surface area contributed by atoms with Crippen LogP contribution in [0.4, 0.5) is 0 Å². The second-order valence-corrected chi connectivity index (χ2v) is 5.31. The van der Waals surface area contributed by atoms with Crippen molar-refractivity contribution in [3.8, 4) is 0 Å². The Bertz CT molecular complexity index is 601. The van der Waals surface area contributed by atoms with Crippen molar-refractivity contribution in [1.29, 1.82) is 0 Å². The highest BCUT2D eigenvalue weighted by molar-refractivity contribution is 5.79. The lowest BCUT2D eigenvalue weighted by molar-refractivity contribution is -0.141. The van der Waals surface area contributed by atoms with E-state index in [1.807, 2.05) is 12.1 Å². The Kier molecular flexibility index (Phi) is 4.45. The first-order valence-corrected chi connectivity index (χ1v) is 6.85. The summed E-state index contributed by atoms with van der Waals surface area (Å²) in [6.07, 6.45) is 0.240. The Morgan fingerprint density at radius 3 is 2.70 bits per heavy atom. The maximum absolute atomic E-state index is 11.4. The summed E-state index contributed by atoms with van der Waals surface area (Å²) in [7, 11) is 1.38. The second-order valence-electron chi connectivity index (χ2n) is 5.31. The van der Waals surface area contributed by atoms with Crippen LogP contribution in [-0.2, 0) is 9.53 Å². The molecule has 0 saturated heterocycles. The molecule has 0 fully saturated rings. The van der Waals surface area contributed by atoms with Gasteiger partial charge in [-0.3, -0.25) is 4.79 Å². The van der Waals surface area contributed by atoms with Crippen LogP contribution in [0.5, 0.6) is 0 Å². The van der Waals surface area contributed by atoms with Crippen molar-refractivity contribution in [3.63, 3.8) is 0 Å². The lowest BCUT2D eigenvalue weighted by Gasteiger charge is -2.09. The minimum absolute atomic E-state index is 0.141. The third-order valence-electron chi connectivity index (χ3n) is 3.55. The summed E-state index contributed by atoms with van der Waals surface area (Å²) in [6.45, 7) is 4.66. The van der Waals surface area contributed by atoms with Crippen LogP contribution >= 0.6 is 0 Å². The third-order valence-corrected chi connectivity index (χ3v) is 3.55. The average molecular weight is 275 g/mol. The maximum atomic E-state index is 11.4. The zero-order valence-electron chi connectivity index (χ0n) is 12.2. The van der Waals surface area contributed by atoms with Crippen molar-refractivity contribution in [2.24, 2.45) is 5.73 Å². The molecule has 0 amide bonds. The normalized spacial score (nSPS) is 12.8. The molecule has 0 radical (unpaired) electrons. The van der Waals surface area contributed by atoms with E-state index < -0.39 is 0 Å². The van der Waals surface area contributed by atoms with E-state index in [1.54, 1.807) is 0 Å². The molecule has 0 aliphatic heterocycles.